The topological polar surface area (TPSA) is 121 Å². The summed E-state index contributed by atoms with van der Waals surface area (Å²) in [6, 6.07) is -0.636. The van der Waals surface area contributed by atoms with Crippen molar-refractivity contribution in [1.82, 2.24) is 14.7 Å². The molecule has 0 fully saturated rings. The molecule has 0 saturated heterocycles. The Balaban J connectivity index is 2.59. The highest BCUT2D eigenvalue weighted by Gasteiger charge is 2.18. The van der Waals surface area contributed by atoms with Crippen LogP contribution < -0.4 is 10.5 Å². The minimum Gasteiger partial charge on any atom is -0.392 e. The van der Waals surface area contributed by atoms with Crippen molar-refractivity contribution in [3.8, 4) is 0 Å². The third-order valence-electron chi connectivity index (χ3n) is 1.89. The number of aliphatic hydroxyl groups is 1. The van der Waals surface area contributed by atoms with Crippen molar-refractivity contribution in [3.05, 3.63) is 12.5 Å². The summed E-state index contributed by atoms with van der Waals surface area (Å²) in [5.41, 5.74) is 5.47. The second-order valence-corrected chi connectivity index (χ2v) is 4.91. The van der Waals surface area contributed by atoms with Gasteiger partial charge in [0.15, 0.2) is 5.03 Å². The van der Waals surface area contributed by atoms with Gasteiger partial charge < -0.3 is 15.8 Å². The maximum absolute atomic E-state index is 11.5. The highest BCUT2D eigenvalue weighted by molar-refractivity contribution is 7.89. The summed E-state index contributed by atoms with van der Waals surface area (Å²) in [6.45, 7) is 1.47. The molecule has 0 aliphatic heterocycles. The number of sulfonamides is 1. The number of H-pyrrole nitrogens is 1. The lowest BCUT2D eigenvalue weighted by Gasteiger charge is -2.14. The first-order valence-electron chi connectivity index (χ1n) is 4.35. The SMILES string of the molecule is CC(O)C(N)CNS(=O)(=O)c1cnc[nH]1. The third kappa shape index (κ3) is 3.27. The van der Waals surface area contributed by atoms with Crippen molar-refractivity contribution >= 4 is 10.0 Å². The Kier molecular flexibility index (Phi) is 3.80. The molecule has 86 valence electrons. The molecule has 8 heteroatoms. The van der Waals surface area contributed by atoms with Gasteiger partial charge in [-0.2, -0.15) is 0 Å². The first kappa shape index (κ1) is 12.1. The number of nitrogens with two attached hydrogens (primary N) is 1. The zero-order valence-electron chi connectivity index (χ0n) is 8.21. The maximum atomic E-state index is 11.5. The van der Waals surface area contributed by atoms with Gasteiger partial charge in [0.05, 0.1) is 18.6 Å². The van der Waals surface area contributed by atoms with E-state index in [1.165, 1.54) is 19.4 Å². The molecule has 1 aromatic heterocycles. The molecule has 1 heterocycles. The normalized spacial score (nSPS) is 16.2. The predicted octanol–water partition coefficient (Wildman–Crippen LogP) is -1.60. The van der Waals surface area contributed by atoms with E-state index in [2.05, 4.69) is 14.7 Å². The molecule has 0 radical (unpaired) electrons. The molecule has 0 aromatic carbocycles. The van der Waals surface area contributed by atoms with Gasteiger partial charge in [0.1, 0.15) is 0 Å². The van der Waals surface area contributed by atoms with Crippen LogP contribution in [0.1, 0.15) is 6.92 Å². The van der Waals surface area contributed by atoms with Gasteiger partial charge in [0.25, 0.3) is 10.0 Å². The van der Waals surface area contributed by atoms with E-state index >= 15 is 0 Å². The van der Waals surface area contributed by atoms with Crippen LogP contribution in [0.15, 0.2) is 17.6 Å². The summed E-state index contributed by atoms with van der Waals surface area (Å²) < 4.78 is 25.3. The molecule has 5 N–H and O–H groups in total. The molecule has 0 aliphatic rings. The zero-order valence-corrected chi connectivity index (χ0v) is 9.03. The Labute approximate surface area is 87.8 Å². The van der Waals surface area contributed by atoms with Gasteiger partial charge in [-0.25, -0.2) is 18.1 Å². The van der Waals surface area contributed by atoms with E-state index in [1.807, 2.05) is 0 Å². The van der Waals surface area contributed by atoms with E-state index in [0.717, 1.165) is 0 Å². The van der Waals surface area contributed by atoms with Crippen molar-refractivity contribution in [2.45, 2.75) is 24.1 Å². The van der Waals surface area contributed by atoms with E-state index in [-0.39, 0.29) is 11.6 Å². The lowest BCUT2D eigenvalue weighted by atomic mass is 10.2. The van der Waals surface area contributed by atoms with Gasteiger partial charge in [0, 0.05) is 12.6 Å². The van der Waals surface area contributed by atoms with Gasteiger partial charge in [-0.15, -0.1) is 0 Å². The number of nitrogens with zero attached hydrogens (tertiary/aromatic N) is 1. The monoisotopic (exact) mass is 234 g/mol. The Bertz CT molecular complexity index is 386. The van der Waals surface area contributed by atoms with Crippen molar-refractivity contribution < 1.29 is 13.5 Å². The van der Waals surface area contributed by atoms with Gasteiger partial charge in [-0.3, -0.25) is 0 Å². The average molecular weight is 234 g/mol. The first-order chi connectivity index (χ1) is 6.93. The summed E-state index contributed by atoms with van der Waals surface area (Å²) in [4.78, 5) is 6.06. The van der Waals surface area contributed by atoms with Crippen LogP contribution in [0.3, 0.4) is 0 Å². The standard InChI is InChI=1S/C7H14N4O3S/c1-5(12)6(8)2-11-15(13,14)7-3-9-4-10-7/h3-6,11-12H,2,8H2,1H3,(H,9,10). The second kappa shape index (κ2) is 4.71. The number of aliphatic hydroxyl groups excluding tert-OH is 1. The Morgan fingerprint density at radius 2 is 2.40 bits per heavy atom. The lowest BCUT2D eigenvalue weighted by molar-refractivity contribution is 0.164. The van der Waals surface area contributed by atoms with E-state index < -0.39 is 22.2 Å². The largest absolute Gasteiger partial charge is 0.392 e. The van der Waals surface area contributed by atoms with Gasteiger partial charge in [-0.05, 0) is 6.92 Å². The Morgan fingerprint density at radius 3 is 2.87 bits per heavy atom. The quantitative estimate of drug-likeness (QED) is 0.488. The number of nitrogens with one attached hydrogen (secondary N) is 2. The molecule has 7 nitrogen and oxygen atoms in total. The summed E-state index contributed by atoms with van der Waals surface area (Å²) >= 11 is 0. The predicted molar refractivity (Wildman–Crippen MR) is 53.4 cm³/mol. The van der Waals surface area contributed by atoms with E-state index in [4.69, 9.17) is 10.8 Å². The Morgan fingerprint density at radius 1 is 1.73 bits per heavy atom. The molecule has 0 aliphatic carbocycles. The van der Waals surface area contributed by atoms with Crippen LogP contribution in [0.5, 0.6) is 0 Å². The van der Waals surface area contributed by atoms with Crippen LogP contribution in [0.2, 0.25) is 0 Å². The average Bonchev–Trinajstić information content (AvgIpc) is 2.67. The fraction of sp³-hybridized carbons (Fsp3) is 0.571. The van der Waals surface area contributed by atoms with Crippen LogP contribution >= 0.6 is 0 Å². The van der Waals surface area contributed by atoms with Crippen LogP contribution in [-0.4, -0.2) is 42.2 Å². The van der Waals surface area contributed by atoms with Crippen LogP contribution in [0.25, 0.3) is 0 Å². The molecule has 15 heavy (non-hydrogen) atoms. The molecule has 0 amide bonds. The molecule has 2 atom stereocenters. The van der Waals surface area contributed by atoms with Crippen LogP contribution in [0, 0.1) is 0 Å². The van der Waals surface area contributed by atoms with Gasteiger partial charge in [-0.1, -0.05) is 0 Å². The fourth-order valence-corrected chi connectivity index (χ4v) is 1.82. The highest BCUT2D eigenvalue weighted by atomic mass is 32.2. The smallest absolute Gasteiger partial charge is 0.257 e. The maximum Gasteiger partial charge on any atom is 0.257 e. The minimum atomic E-state index is -3.60. The fourth-order valence-electron chi connectivity index (χ4n) is 0.844. The van der Waals surface area contributed by atoms with Gasteiger partial charge >= 0.3 is 0 Å². The number of hydrogen-bond donors (Lipinski definition) is 4. The van der Waals surface area contributed by atoms with E-state index in [9.17, 15) is 8.42 Å². The van der Waals surface area contributed by atoms with Crippen molar-refractivity contribution in [2.24, 2.45) is 5.73 Å². The lowest BCUT2D eigenvalue weighted by Crippen LogP contribution is -2.43. The second-order valence-electron chi connectivity index (χ2n) is 3.17. The molecule has 2 unspecified atom stereocenters. The highest BCUT2D eigenvalue weighted by Crippen LogP contribution is 2.01. The van der Waals surface area contributed by atoms with Crippen molar-refractivity contribution in [3.63, 3.8) is 0 Å². The number of aromatic nitrogens is 2. The molecule has 0 bridgehead atoms. The summed E-state index contributed by atoms with van der Waals surface area (Å²) in [5, 5.41) is 9.04. The van der Waals surface area contributed by atoms with E-state index in [0.29, 0.717) is 0 Å². The molecular formula is C7H14N4O3S. The summed E-state index contributed by atoms with van der Waals surface area (Å²) in [6.07, 6.45) is 1.69. The zero-order chi connectivity index (χ0) is 11.5. The third-order valence-corrected chi connectivity index (χ3v) is 3.24. The van der Waals surface area contributed by atoms with E-state index in [1.54, 1.807) is 0 Å². The first-order valence-corrected chi connectivity index (χ1v) is 5.83. The molecule has 0 saturated carbocycles. The Hall–Kier alpha value is -0.960. The number of aromatic amines is 1. The summed E-state index contributed by atoms with van der Waals surface area (Å²) in [5.74, 6) is 0. The molecule has 1 aromatic rings. The van der Waals surface area contributed by atoms with Crippen LogP contribution in [0.4, 0.5) is 0 Å². The molecule has 0 spiro atoms. The molecular weight excluding hydrogens is 220 g/mol. The minimum absolute atomic E-state index is 0.0275. The van der Waals surface area contributed by atoms with Crippen molar-refractivity contribution in [1.29, 1.82) is 0 Å². The molecule has 1 rings (SSSR count). The number of imidazole rings is 1. The van der Waals surface area contributed by atoms with Crippen LogP contribution in [-0.2, 0) is 10.0 Å². The van der Waals surface area contributed by atoms with Crippen molar-refractivity contribution in [2.75, 3.05) is 6.54 Å². The number of hydrogen-bond acceptors (Lipinski definition) is 5. The number of rotatable bonds is 5. The van der Waals surface area contributed by atoms with Gasteiger partial charge in [0.2, 0.25) is 0 Å². The summed E-state index contributed by atoms with van der Waals surface area (Å²) in [7, 11) is -3.60.